The molecule has 0 radical (unpaired) electrons. The zero-order valence-corrected chi connectivity index (χ0v) is 17.6. The van der Waals surface area contributed by atoms with Gasteiger partial charge in [0.25, 0.3) is 0 Å². The van der Waals surface area contributed by atoms with Gasteiger partial charge in [0.15, 0.2) is 11.5 Å². The molecule has 0 aliphatic rings. The van der Waals surface area contributed by atoms with Gasteiger partial charge >= 0.3 is 0 Å². The van der Waals surface area contributed by atoms with Gasteiger partial charge in [0.2, 0.25) is 0 Å². The zero-order chi connectivity index (χ0) is 20.1. The van der Waals surface area contributed by atoms with E-state index in [0.717, 1.165) is 22.4 Å². The second-order valence-electron chi connectivity index (χ2n) is 6.46. The van der Waals surface area contributed by atoms with Gasteiger partial charge in [-0.15, -0.1) is 0 Å². The second-order valence-corrected chi connectivity index (χ2v) is 7.32. The molecule has 0 spiro atoms. The van der Waals surface area contributed by atoms with Crippen molar-refractivity contribution in [1.29, 1.82) is 0 Å². The largest absolute Gasteiger partial charge is 0.493 e. The molecule has 3 aromatic carbocycles. The van der Waals surface area contributed by atoms with Gasteiger partial charge in [-0.3, -0.25) is 4.99 Å². The Bertz CT molecular complexity index is 1020. The molecular formula is C23H21BrFNO2. The molecule has 0 fully saturated rings. The van der Waals surface area contributed by atoms with Crippen molar-refractivity contribution in [2.75, 3.05) is 7.11 Å². The molecule has 0 N–H and O–H groups in total. The van der Waals surface area contributed by atoms with Crippen LogP contribution in [0.1, 0.15) is 22.3 Å². The van der Waals surface area contributed by atoms with E-state index < -0.39 is 0 Å². The quantitative estimate of drug-likeness (QED) is 0.406. The van der Waals surface area contributed by atoms with Gasteiger partial charge in [-0.05, 0) is 70.7 Å². The predicted octanol–water partition coefficient (Wildman–Crippen LogP) is 6.54. The summed E-state index contributed by atoms with van der Waals surface area (Å²) >= 11 is 3.52. The van der Waals surface area contributed by atoms with Gasteiger partial charge < -0.3 is 9.47 Å². The number of ether oxygens (including phenoxy) is 2. The van der Waals surface area contributed by atoms with Gasteiger partial charge in [-0.2, -0.15) is 0 Å². The van der Waals surface area contributed by atoms with Gasteiger partial charge in [0, 0.05) is 11.8 Å². The smallest absolute Gasteiger partial charge is 0.175 e. The Morgan fingerprint density at radius 1 is 1.07 bits per heavy atom. The van der Waals surface area contributed by atoms with E-state index in [1.165, 1.54) is 6.07 Å². The number of aliphatic imine (C=N–C) groups is 1. The molecule has 28 heavy (non-hydrogen) atoms. The van der Waals surface area contributed by atoms with Crippen molar-refractivity contribution in [2.45, 2.75) is 20.5 Å². The second kappa shape index (κ2) is 9.02. The molecule has 0 atom stereocenters. The highest BCUT2D eigenvalue weighted by Crippen LogP contribution is 2.37. The third-order valence-corrected chi connectivity index (χ3v) is 4.89. The molecule has 0 aromatic heterocycles. The fourth-order valence-corrected chi connectivity index (χ4v) is 3.30. The summed E-state index contributed by atoms with van der Waals surface area (Å²) in [7, 11) is 1.57. The minimum Gasteiger partial charge on any atom is -0.493 e. The topological polar surface area (TPSA) is 30.8 Å². The Labute approximate surface area is 173 Å². The SMILES string of the molecule is COc1cc(C=Nc2cc(C)ccc2C)cc(Br)c1OCc1ccccc1F. The lowest BCUT2D eigenvalue weighted by Gasteiger charge is -2.14. The minimum atomic E-state index is -0.296. The van der Waals surface area contributed by atoms with Gasteiger partial charge in [0.05, 0.1) is 17.3 Å². The molecule has 0 heterocycles. The van der Waals surface area contributed by atoms with Crippen LogP contribution in [0, 0.1) is 19.7 Å². The summed E-state index contributed by atoms with van der Waals surface area (Å²) in [4.78, 5) is 4.60. The Balaban J connectivity index is 1.84. The molecule has 0 saturated carbocycles. The molecule has 3 rings (SSSR count). The summed E-state index contributed by atoms with van der Waals surface area (Å²) in [5.74, 6) is 0.776. The van der Waals surface area contributed by atoms with Crippen LogP contribution in [0.3, 0.4) is 0 Å². The van der Waals surface area contributed by atoms with E-state index in [1.54, 1.807) is 31.5 Å². The monoisotopic (exact) mass is 441 g/mol. The summed E-state index contributed by atoms with van der Waals surface area (Å²) in [6.07, 6.45) is 1.79. The summed E-state index contributed by atoms with van der Waals surface area (Å²) in [5, 5.41) is 0. The fraction of sp³-hybridized carbons (Fsp3) is 0.174. The van der Waals surface area contributed by atoms with Crippen LogP contribution in [-0.4, -0.2) is 13.3 Å². The van der Waals surface area contributed by atoms with Crippen molar-refractivity contribution in [2.24, 2.45) is 4.99 Å². The first kappa shape index (κ1) is 20.1. The number of halogens is 2. The summed E-state index contributed by atoms with van der Waals surface area (Å²) in [6.45, 7) is 4.18. The van der Waals surface area contributed by atoms with Crippen LogP contribution >= 0.6 is 15.9 Å². The zero-order valence-electron chi connectivity index (χ0n) is 16.0. The molecule has 0 saturated heterocycles. The first-order valence-corrected chi connectivity index (χ1v) is 9.62. The standard InChI is InChI=1S/C23H21BrFNO2/c1-15-8-9-16(2)21(10-15)26-13-17-11-19(24)23(22(12-17)27-3)28-14-18-6-4-5-7-20(18)25/h4-13H,14H2,1-3H3. The first-order valence-electron chi connectivity index (χ1n) is 8.83. The average Bonchev–Trinajstić information content (AvgIpc) is 2.68. The maximum absolute atomic E-state index is 13.8. The van der Waals surface area contributed by atoms with E-state index in [0.29, 0.717) is 21.5 Å². The van der Waals surface area contributed by atoms with Crippen molar-refractivity contribution >= 4 is 27.8 Å². The molecule has 0 aliphatic carbocycles. The number of methoxy groups -OCH3 is 1. The van der Waals surface area contributed by atoms with Crippen molar-refractivity contribution in [3.8, 4) is 11.5 Å². The van der Waals surface area contributed by atoms with Crippen molar-refractivity contribution in [3.05, 3.63) is 87.1 Å². The normalized spacial score (nSPS) is 11.0. The van der Waals surface area contributed by atoms with Crippen LogP contribution in [0.15, 0.2) is 64.1 Å². The van der Waals surface area contributed by atoms with E-state index in [4.69, 9.17) is 9.47 Å². The van der Waals surface area contributed by atoms with Crippen LogP contribution in [-0.2, 0) is 6.61 Å². The number of hydrogen-bond acceptors (Lipinski definition) is 3. The first-order chi connectivity index (χ1) is 13.5. The highest BCUT2D eigenvalue weighted by Gasteiger charge is 2.12. The minimum absolute atomic E-state index is 0.109. The average molecular weight is 442 g/mol. The lowest BCUT2D eigenvalue weighted by Crippen LogP contribution is -2.01. The molecule has 3 aromatic rings. The number of benzene rings is 3. The Kier molecular flexibility index (Phi) is 6.47. The van der Waals surface area contributed by atoms with E-state index in [1.807, 2.05) is 32.0 Å². The molecule has 0 aliphatic heterocycles. The van der Waals surface area contributed by atoms with Crippen LogP contribution in [0.2, 0.25) is 0 Å². The van der Waals surface area contributed by atoms with Crippen molar-refractivity contribution < 1.29 is 13.9 Å². The third-order valence-electron chi connectivity index (χ3n) is 4.30. The number of aryl methyl sites for hydroxylation is 2. The Morgan fingerprint density at radius 2 is 1.86 bits per heavy atom. The molecule has 0 amide bonds. The number of rotatable bonds is 6. The Morgan fingerprint density at radius 3 is 2.61 bits per heavy atom. The fourth-order valence-electron chi connectivity index (χ4n) is 2.72. The van der Waals surface area contributed by atoms with E-state index in [2.05, 4.69) is 33.1 Å². The van der Waals surface area contributed by atoms with Crippen LogP contribution in [0.5, 0.6) is 11.5 Å². The highest BCUT2D eigenvalue weighted by molar-refractivity contribution is 9.10. The van der Waals surface area contributed by atoms with Crippen LogP contribution in [0.25, 0.3) is 0 Å². The van der Waals surface area contributed by atoms with E-state index in [-0.39, 0.29) is 12.4 Å². The molecular weight excluding hydrogens is 421 g/mol. The number of nitrogens with zero attached hydrogens (tertiary/aromatic N) is 1. The van der Waals surface area contributed by atoms with E-state index >= 15 is 0 Å². The lowest BCUT2D eigenvalue weighted by atomic mass is 10.1. The highest BCUT2D eigenvalue weighted by atomic mass is 79.9. The maximum atomic E-state index is 13.8. The lowest BCUT2D eigenvalue weighted by molar-refractivity contribution is 0.278. The summed E-state index contributed by atoms with van der Waals surface area (Å²) in [6, 6.07) is 16.4. The van der Waals surface area contributed by atoms with Crippen molar-refractivity contribution in [3.63, 3.8) is 0 Å². The maximum Gasteiger partial charge on any atom is 0.175 e. The number of hydrogen-bond donors (Lipinski definition) is 0. The Hall–Kier alpha value is -2.66. The molecule has 144 valence electrons. The van der Waals surface area contributed by atoms with Gasteiger partial charge in [0.1, 0.15) is 12.4 Å². The van der Waals surface area contributed by atoms with Crippen LogP contribution < -0.4 is 9.47 Å². The molecule has 5 heteroatoms. The molecule has 3 nitrogen and oxygen atoms in total. The van der Waals surface area contributed by atoms with E-state index in [9.17, 15) is 4.39 Å². The van der Waals surface area contributed by atoms with Crippen LogP contribution in [0.4, 0.5) is 10.1 Å². The molecule has 0 bridgehead atoms. The van der Waals surface area contributed by atoms with Crippen molar-refractivity contribution in [1.82, 2.24) is 0 Å². The third kappa shape index (κ3) is 4.78. The van der Waals surface area contributed by atoms with Gasteiger partial charge in [-0.25, -0.2) is 4.39 Å². The van der Waals surface area contributed by atoms with Gasteiger partial charge in [-0.1, -0.05) is 30.3 Å². The molecule has 0 unspecified atom stereocenters. The predicted molar refractivity (Wildman–Crippen MR) is 115 cm³/mol. The summed E-state index contributed by atoms with van der Waals surface area (Å²) < 4.78 is 25.8. The summed E-state index contributed by atoms with van der Waals surface area (Å²) in [5.41, 5.74) is 4.54.